The summed E-state index contributed by atoms with van der Waals surface area (Å²) in [5.41, 5.74) is 1.58. The lowest BCUT2D eigenvalue weighted by Crippen LogP contribution is -2.48. The van der Waals surface area contributed by atoms with E-state index in [2.05, 4.69) is 14.9 Å². The van der Waals surface area contributed by atoms with Crippen molar-refractivity contribution in [1.29, 1.82) is 0 Å². The van der Waals surface area contributed by atoms with E-state index in [1.807, 2.05) is 11.0 Å². The third kappa shape index (κ3) is 3.26. The average Bonchev–Trinajstić information content (AvgIpc) is 3.10. The van der Waals surface area contributed by atoms with Gasteiger partial charge in [-0.3, -0.25) is 0 Å². The Morgan fingerprint density at radius 2 is 1.89 bits per heavy atom. The second-order valence-corrected chi connectivity index (χ2v) is 8.57. The third-order valence-corrected chi connectivity index (χ3v) is 6.08. The van der Waals surface area contributed by atoms with Gasteiger partial charge in [0.15, 0.2) is 0 Å². The first-order valence-corrected chi connectivity index (χ1v) is 10.5. The molecule has 0 spiro atoms. The first kappa shape index (κ1) is 18.2. The van der Waals surface area contributed by atoms with Crippen LogP contribution in [-0.2, 0) is 10.0 Å². The zero-order chi connectivity index (χ0) is 19.9. The molecule has 0 atom stereocenters. The van der Waals surface area contributed by atoms with Crippen molar-refractivity contribution in [3.63, 3.8) is 0 Å². The molecular weight excluding hydrogens is 380 g/mol. The minimum atomic E-state index is -3.18. The maximum absolute atomic E-state index is 11.7. The summed E-state index contributed by atoms with van der Waals surface area (Å²) in [6.07, 6.45) is 4.59. The summed E-state index contributed by atoms with van der Waals surface area (Å²) in [5, 5.41) is 15.0. The van der Waals surface area contributed by atoms with Gasteiger partial charge in [0.05, 0.1) is 36.4 Å². The quantitative estimate of drug-likeness (QED) is 0.676. The maximum Gasteiger partial charge on any atom is 0.212 e. The molecule has 1 saturated heterocycles. The number of phenols is 1. The number of nitrogens with zero attached hydrogens (tertiary/aromatic N) is 6. The zero-order valence-corrected chi connectivity index (χ0v) is 16.0. The molecule has 10 heteroatoms. The maximum atomic E-state index is 11.7. The number of aromatic nitrogens is 3. The molecule has 0 saturated carbocycles. The number of phenolic OH excluding ortho intramolecular Hbond substituents is 1. The van der Waals surface area contributed by atoms with Crippen molar-refractivity contribution in [2.24, 2.45) is 0 Å². The number of piperazine rings is 1. The minimum Gasteiger partial charge on any atom is -0.508 e. The number of fused-ring (bicyclic) bond motifs is 1. The van der Waals surface area contributed by atoms with Crippen molar-refractivity contribution in [3.8, 4) is 11.4 Å². The van der Waals surface area contributed by atoms with Gasteiger partial charge in [-0.05, 0) is 18.2 Å². The summed E-state index contributed by atoms with van der Waals surface area (Å²) < 4.78 is 26.4. The fourth-order valence-corrected chi connectivity index (χ4v) is 4.13. The highest BCUT2D eigenvalue weighted by Crippen LogP contribution is 2.30. The largest absolute Gasteiger partial charge is 0.508 e. The van der Waals surface area contributed by atoms with Gasteiger partial charge < -0.3 is 10.0 Å². The van der Waals surface area contributed by atoms with Crippen molar-refractivity contribution in [1.82, 2.24) is 19.1 Å². The van der Waals surface area contributed by atoms with Crippen LogP contribution >= 0.6 is 0 Å². The van der Waals surface area contributed by atoms with Gasteiger partial charge >= 0.3 is 0 Å². The first-order valence-electron chi connectivity index (χ1n) is 8.61. The van der Waals surface area contributed by atoms with E-state index in [9.17, 15) is 13.5 Å². The molecule has 1 aromatic carbocycles. The van der Waals surface area contributed by atoms with E-state index in [-0.39, 0.29) is 5.75 Å². The fraction of sp³-hybridized carbons (Fsp3) is 0.278. The van der Waals surface area contributed by atoms with E-state index in [0.717, 1.165) is 11.2 Å². The van der Waals surface area contributed by atoms with E-state index in [1.165, 1.54) is 22.7 Å². The molecule has 0 radical (unpaired) electrons. The normalized spacial score (nSPS) is 15.6. The van der Waals surface area contributed by atoms with Crippen molar-refractivity contribution >= 4 is 32.4 Å². The van der Waals surface area contributed by atoms with Crippen LogP contribution < -0.4 is 4.90 Å². The van der Waals surface area contributed by atoms with E-state index in [1.54, 1.807) is 23.1 Å². The Morgan fingerprint density at radius 1 is 1.14 bits per heavy atom. The second kappa shape index (κ2) is 6.78. The summed E-state index contributed by atoms with van der Waals surface area (Å²) in [4.78, 5) is 10.0. The average molecular weight is 398 g/mol. The molecular formula is C18H18N6O3S. The molecule has 2 aromatic heterocycles. The van der Waals surface area contributed by atoms with Gasteiger partial charge in [0.2, 0.25) is 15.7 Å². The molecule has 0 bridgehead atoms. The highest BCUT2D eigenvalue weighted by atomic mass is 32.2. The lowest BCUT2D eigenvalue weighted by Gasteiger charge is -2.33. The molecule has 0 amide bonds. The Labute approximate surface area is 162 Å². The Kier molecular flexibility index (Phi) is 4.41. The molecule has 0 unspecified atom stereocenters. The highest BCUT2D eigenvalue weighted by molar-refractivity contribution is 7.88. The molecule has 3 aromatic rings. The van der Waals surface area contributed by atoms with Crippen LogP contribution in [0.2, 0.25) is 0 Å². The van der Waals surface area contributed by atoms with Crippen LogP contribution in [0.4, 0.5) is 11.5 Å². The van der Waals surface area contributed by atoms with Gasteiger partial charge in [0, 0.05) is 31.6 Å². The molecule has 4 rings (SSSR count). The van der Waals surface area contributed by atoms with Crippen LogP contribution in [0.25, 0.3) is 21.4 Å². The summed E-state index contributed by atoms with van der Waals surface area (Å²) in [7, 11) is -3.18. The lowest BCUT2D eigenvalue weighted by molar-refractivity contribution is 0.387. The molecule has 0 aliphatic carbocycles. The predicted octanol–water partition coefficient (Wildman–Crippen LogP) is 1.76. The fourth-order valence-electron chi connectivity index (χ4n) is 3.30. The first-order chi connectivity index (χ1) is 13.4. The van der Waals surface area contributed by atoms with E-state index in [4.69, 9.17) is 6.57 Å². The summed E-state index contributed by atoms with van der Waals surface area (Å²) in [6, 6.07) is 6.41. The van der Waals surface area contributed by atoms with Crippen molar-refractivity contribution in [3.05, 3.63) is 48.1 Å². The number of benzene rings is 1. The number of hydrogen-bond donors (Lipinski definition) is 1. The zero-order valence-electron chi connectivity index (χ0n) is 15.1. The van der Waals surface area contributed by atoms with Gasteiger partial charge in [-0.25, -0.2) is 22.9 Å². The predicted molar refractivity (Wildman–Crippen MR) is 105 cm³/mol. The van der Waals surface area contributed by atoms with Gasteiger partial charge in [0.1, 0.15) is 11.6 Å². The smallest absolute Gasteiger partial charge is 0.212 e. The summed E-state index contributed by atoms with van der Waals surface area (Å²) >= 11 is 0. The van der Waals surface area contributed by atoms with E-state index >= 15 is 0 Å². The molecule has 1 aliphatic rings. The molecule has 144 valence electrons. The number of hydrogen-bond acceptors (Lipinski definition) is 6. The van der Waals surface area contributed by atoms with Crippen LogP contribution in [0.1, 0.15) is 0 Å². The van der Waals surface area contributed by atoms with Crippen LogP contribution in [-0.4, -0.2) is 65.0 Å². The van der Waals surface area contributed by atoms with Gasteiger partial charge in [-0.1, -0.05) is 6.07 Å². The highest BCUT2D eigenvalue weighted by Gasteiger charge is 2.24. The van der Waals surface area contributed by atoms with Crippen LogP contribution in [0.15, 0.2) is 36.7 Å². The lowest BCUT2D eigenvalue weighted by atomic mass is 10.2. The number of anilines is 1. The van der Waals surface area contributed by atoms with Gasteiger partial charge in [-0.15, -0.1) is 0 Å². The Balaban J connectivity index is 1.65. The molecule has 1 aliphatic heterocycles. The Morgan fingerprint density at radius 3 is 2.57 bits per heavy atom. The SMILES string of the molecule is [C-]#[N+]c1ccc(O)cc1-n1ncc2cc(N3CCN(S(C)(=O)=O)CC3)ncc21. The third-order valence-electron chi connectivity index (χ3n) is 4.78. The van der Waals surface area contributed by atoms with Crippen LogP contribution in [0.3, 0.4) is 0 Å². The molecule has 3 heterocycles. The summed E-state index contributed by atoms with van der Waals surface area (Å²) in [6.45, 7) is 9.31. The van der Waals surface area contributed by atoms with E-state index < -0.39 is 10.0 Å². The van der Waals surface area contributed by atoms with E-state index in [0.29, 0.717) is 43.1 Å². The van der Waals surface area contributed by atoms with Gasteiger partial charge in [-0.2, -0.15) is 9.40 Å². The second-order valence-electron chi connectivity index (χ2n) is 6.59. The monoisotopic (exact) mass is 398 g/mol. The standard InChI is InChI=1S/C18H18N6O3S/c1-19-15-4-3-14(25)10-16(15)24-17-12-20-18(9-13(17)11-21-24)22-5-7-23(8-6-22)28(2,26)27/h3-4,9-12,25H,5-8H2,2H3. The molecule has 1 fully saturated rings. The van der Waals surface area contributed by atoms with Crippen molar-refractivity contribution < 1.29 is 13.5 Å². The van der Waals surface area contributed by atoms with Crippen molar-refractivity contribution in [2.45, 2.75) is 0 Å². The van der Waals surface area contributed by atoms with Crippen LogP contribution in [0.5, 0.6) is 5.75 Å². The minimum absolute atomic E-state index is 0.0550. The van der Waals surface area contributed by atoms with Crippen molar-refractivity contribution in [2.75, 3.05) is 37.3 Å². The molecule has 28 heavy (non-hydrogen) atoms. The van der Waals surface area contributed by atoms with Gasteiger partial charge in [0.25, 0.3) is 0 Å². The topological polar surface area (TPSA) is 95.9 Å². The molecule has 1 N–H and O–H groups in total. The number of pyridine rings is 1. The number of rotatable bonds is 3. The Hall–Kier alpha value is -3.16. The van der Waals surface area contributed by atoms with Crippen LogP contribution in [0, 0.1) is 6.57 Å². The molecule has 9 nitrogen and oxygen atoms in total. The summed E-state index contributed by atoms with van der Waals surface area (Å²) in [5.74, 6) is 0.806. The number of aromatic hydroxyl groups is 1. The number of sulfonamides is 1. The Bertz CT molecular complexity index is 1190.